The van der Waals surface area contributed by atoms with Crippen LogP contribution in [0.25, 0.3) is 6.08 Å². The zero-order valence-corrected chi connectivity index (χ0v) is 23.0. The number of fused-ring (bicyclic) bond motifs is 1. The van der Waals surface area contributed by atoms with E-state index in [9.17, 15) is 9.90 Å². The Morgan fingerprint density at radius 1 is 1.24 bits per heavy atom. The summed E-state index contributed by atoms with van der Waals surface area (Å²) in [6.45, 7) is 8.96. The van der Waals surface area contributed by atoms with Crippen LogP contribution in [0.3, 0.4) is 0 Å². The van der Waals surface area contributed by atoms with Crippen LogP contribution in [0, 0.1) is 5.92 Å². The molecule has 2 aliphatic carbocycles. The summed E-state index contributed by atoms with van der Waals surface area (Å²) in [7, 11) is 0. The number of aliphatic hydroxyl groups is 1. The highest BCUT2D eigenvalue weighted by Crippen LogP contribution is 2.37. The van der Waals surface area contributed by atoms with Gasteiger partial charge in [0.1, 0.15) is 5.69 Å². The second-order valence-electron chi connectivity index (χ2n) is 10.9. The molecule has 3 unspecified atom stereocenters. The van der Waals surface area contributed by atoms with Gasteiger partial charge in [-0.3, -0.25) is 20.3 Å². The third-order valence-corrected chi connectivity index (χ3v) is 9.43. The Hall–Kier alpha value is -2.33. The van der Waals surface area contributed by atoms with Crippen LogP contribution in [0.15, 0.2) is 22.6 Å². The lowest BCUT2D eigenvalue weighted by Gasteiger charge is -2.34. The van der Waals surface area contributed by atoms with Crippen LogP contribution in [0.5, 0.6) is 0 Å². The Kier molecular flexibility index (Phi) is 8.24. The Bertz CT molecular complexity index is 1160. The number of aliphatic hydroxyl groups excluding tert-OH is 1. The van der Waals surface area contributed by atoms with E-state index in [-0.39, 0.29) is 5.91 Å². The van der Waals surface area contributed by atoms with Crippen LogP contribution in [-0.2, 0) is 0 Å². The first-order valence-electron chi connectivity index (χ1n) is 13.8. The van der Waals surface area contributed by atoms with Crippen molar-refractivity contribution in [2.24, 2.45) is 5.92 Å². The van der Waals surface area contributed by atoms with Crippen LogP contribution in [0.4, 0.5) is 5.95 Å². The monoisotopic (exact) mass is 524 g/mol. The fourth-order valence-corrected chi connectivity index (χ4v) is 6.64. The van der Waals surface area contributed by atoms with Gasteiger partial charge in [0.2, 0.25) is 5.95 Å². The molecule has 0 spiro atoms. The number of imidazole rings is 1. The maximum atomic E-state index is 12.9. The molecule has 0 radical (unpaired) electrons. The number of allylic oxidation sites excluding steroid dienone is 2. The number of amides is 1. The van der Waals surface area contributed by atoms with Crippen molar-refractivity contribution in [3.05, 3.63) is 44.7 Å². The van der Waals surface area contributed by atoms with Crippen molar-refractivity contribution in [3.63, 3.8) is 0 Å². The molecule has 1 amide bonds. The van der Waals surface area contributed by atoms with Gasteiger partial charge in [-0.15, -0.1) is 11.3 Å². The molecule has 9 heteroatoms. The first kappa shape index (κ1) is 26.3. The molecule has 3 aliphatic rings. The van der Waals surface area contributed by atoms with E-state index in [1.165, 1.54) is 36.8 Å². The summed E-state index contributed by atoms with van der Waals surface area (Å²) in [6.07, 6.45) is 11.7. The summed E-state index contributed by atoms with van der Waals surface area (Å²) < 4.78 is 0. The summed E-state index contributed by atoms with van der Waals surface area (Å²) in [5.41, 5.74) is 5.24. The third-order valence-electron chi connectivity index (χ3n) is 8.42. The molecule has 1 fully saturated rings. The lowest BCUT2D eigenvalue weighted by atomic mass is 9.82. The number of aromatic nitrogens is 3. The molecule has 8 nitrogen and oxygen atoms in total. The van der Waals surface area contributed by atoms with Gasteiger partial charge in [-0.25, -0.2) is 9.97 Å². The Morgan fingerprint density at radius 3 is 2.81 bits per heavy atom. The largest absolute Gasteiger partial charge is 0.365 e. The number of rotatable bonds is 8. The number of carbonyl (C=O) groups is 1. The van der Waals surface area contributed by atoms with Gasteiger partial charge in [0.05, 0.1) is 10.7 Å². The molecule has 1 aliphatic heterocycles. The summed E-state index contributed by atoms with van der Waals surface area (Å²) in [6, 6.07) is 0. The molecular formula is C28H40N6O2S. The minimum atomic E-state index is -0.605. The van der Waals surface area contributed by atoms with Gasteiger partial charge in [-0.2, -0.15) is 0 Å². The van der Waals surface area contributed by atoms with Crippen LogP contribution in [0.1, 0.15) is 104 Å². The number of aromatic amines is 1. The molecule has 2 aromatic heterocycles. The minimum absolute atomic E-state index is 0.236. The second-order valence-corrected chi connectivity index (χ2v) is 11.8. The van der Waals surface area contributed by atoms with Crippen molar-refractivity contribution in [3.8, 4) is 0 Å². The highest BCUT2D eigenvalue weighted by atomic mass is 32.1. The first-order valence-corrected chi connectivity index (χ1v) is 14.6. The lowest BCUT2D eigenvalue weighted by Crippen LogP contribution is -2.49. The molecule has 0 bridgehead atoms. The number of H-pyrrole nitrogens is 1. The number of thiazole rings is 1. The van der Waals surface area contributed by atoms with Gasteiger partial charge >= 0.3 is 0 Å². The van der Waals surface area contributed by atoms with Crippen molar-refractivity contribution in [2.45, 2.75) is 83.9 Å². The summed E-state index contributed by atoms with van der Waals surface area (Å²) >= 11 is 1.55. The number of nitrogens with zero attached hydrogens (tertiary/aromatic N) is 3. The lowest BCUT2D eigenvalue weighted by molar-refractivity contribution is -0.0343. The first-order chi connectivity index (χ1) is 17.9. The normalized spacial score (nSPS) is 23.8. The maximum absolute atomic E-state index is 12.9. The van der Waals surface area contributed by atoms with Gasteiger partial charge in [0, 0.05) is 42.5 Å². The number of hydrogen-bond acceptors (Lipinski definition) is 7. The van der Waals surface area contributed by atoms with Crippen molar-refractivity contribution in [2.75, 3.05) is 25.0 Å². The molecule has 2 aromatic rings. The number of anilines is 1. The van der Waals surface area contributed by atoms with E-state index in [4.69, 9.17) is 0 Å². The molecule has 3 heterocycles. The molecule has 4 N–H and O–H groups in total. The molecular weight excluding hydrogens is 484 g/mol. The van der Waals surface area contributed by atoms with Gasteiger partial charge in [0.25, 0.3) is 5.91 Å². The standard InChI is InChI=1S/C28H40N6O2S/c1-17-15-22-24(19(3)18(17)2)32-27(31-22)33-25(35)23-16-37-26(30-23)21-10-13-34(14-11-21)28(36)29-12-9-20-7-5-4-6-8-20/h7,15-16,18-19,21,28-29,36H,4-6,8-14H2,1-3H3,(H2,31,32,33,35). The predicted octanol–water partition coefficient (Wildman–Crippen LogP) is 5.21. The summed E-state index contributed by atoms with van der Waals surface area (Å²) in [5.74, 6) is 1.33. The van der Waals surface area contributed by atoms with Crippen LogP contribution < -0.4 is 10.6 Å². The van der Waals surface area contributed by atoms with Crippen molar-refractivity contribution < 1.29 is 9.90 Å². The Labute approximate surface area is 223 Å². The average molecular weight is 525 g/mol. The SMILES string of the molecule is CC1=Cc2nc(NC(=O)c3csc(C4CCN(C(O)NCCC5=CCCCC5)CC4)n3)[nH]c2C(C)C1C. The molecule has 0 saturated carbocycles. The zero-order chi connectivity index (χ0) is 25.9. The molecule has 37 heavy (non-hydrogen) atoms. The average Bonchev–Trinajstić information content (AvgIpc) is 3.56. The highest BCUT2D eigenvalue weighted by molar-refractivity contribution is 7.10. The number of likely N-dealkylation sites (tertiary alicyclic amines) is 1. The number of nitrogens with one attached hydrogen (secondary N) is 3. The smallest absolute Gasteiger partial charge is 0.277 e. The van der Waals surface area contributed by atoms with Crippen molar-refractivity contribution in [1.82, 2.24) is 25.2 Å². The van der Waals surface area contributed by atoms with Gasteiger partial charge in [0.15, 0.2) is 6.35 Å². The van der Waals surface area contributed by atoms with E-state index in [1.807, 2.05) is 5.38 Å². The van der Waals surface area contributed by atoms with Crippen LogP contribution in [-0.4, -0.2) is 56.9 Å². The number of piperidine rings is 1. The molecule has 5 rings (SSSR count). The predicted molar refractivity (Wildman–Crippen MR) is 149 cm³/mol. The molecule has 200 valence electrons. The van der Waals surface area contributed by atoms with Crippen molar-refractivity contribution >= 4 is 29.3 Å². The van der Waals surface area contributed by atoms with E-state index in [0.29, 0.717) is 29.4 Å². The summed E-state index contributed by atoms with van der Waals surface area (Å²) in [4.78, 5) is 27.6. The highest BCUT2D eigenvalue weighted by Gasteiger charge is 2.28. The van der Waals surface area contributed by atoms with Gasteiger partial charge in [-0.05, 0) is 63.9 Å². The number of carbonyl (C=O) groups excluding carboxylic acids is 1. The van der Waals surface area contributed by atoms with Crippen LogP contribution in [0.2, 0.25) is 0 Å². The fourth-order valence-electron chi connectivity index (χ4n) is 5.67. The molecule has 3 atom stereocenters. The van der Waals surface area contributed by atoms with Crippen molar-refractivity contribution in [1.29, 1.82) is 0 Å². The van der Waals surface area contributed by atoms with E-state index < -0.39 is 6.35 Å². The third kappa shape index (κ3) is 6.06. The molecule has 0 aromatic carbocycles. The Balaban J connectivity index is 1.10. The van der Waals surface area contributed by atoms with Crippen LogP contribution >= 0.6 is 11.3 Å². The van der Waals surface area contributed by atoms with Gasteiger partial charge in [-0.1, -0.05) is 31.1 Å². The summed E-state index contributed by atoms with van der Waals surface area (Å²) in [5, 5.41) is 19.6. The Morgan fingerprint density at radius 2 is 2.05 bits per heavy atom. The van der Waals surface area contributed by atoms with Gasteiger partial charge < -0.3 is 10.1 Å². The van der Waals surface area contributed by atoms with E-state index in [0.717, 1.165) is 55.3 Å². The van der Waals surface area contributed by atoms with E-state index >= 15 is 0 Å². The topological polar surface area (TPSA) is 106 Å². The fraction of sp³-hybridized carbons (Fsp3) is 0.607. The van der Waals surface area contributed by atoms with E-state index in [1.54, 1.807) is 11.3 Å². The number of hydrogen-bond donors (Lipinski definition) is 4. The minimum Gasteiger partial charge on any atom is -0.365 e. The second kappa shape index (κ2) is 11.6. The zero-order valence-electron chi connectivity index (χ0n) is 22.2. The molecule has 1 saturated heterocycles. The quantitative estimate of drug-likeness (QED) is 0.279. The van der Waals surface area contributed by atoms with E-state index in [2.05, 4.69) is 63.4 Å². The maximum Gasteiger partial charge on any atom is 0.277 e.